The smallest absolute Gasteiger partial charge is 0.449 e. The first-order chi connectivity index (χ1) is 18.3. The van der Waals surface area contributed by atoms with Gasteiger partial charge in [-0.2, -0.15) is 26.3 Å². The summed E-state index contributed by atoms with van der Waals surface area (Å²) in [6.45, 7) is 4.80. The van der Waals surface area contributed by atoms with Crippen molar-refractivity contribution in [3.05, 3.63) is 27.6 Å². The van der Waals surface area contributed by atoms with Crippen molar-refractivity contribution in [2.24, 2.45) is 0 Å². The van der Waals surface area contributed by atoms with E-state index in [1.165, 1.54) is 4.90 Å². The van der Waals surface area contributed by atoms with Crippen LogP contribution in [-0.2, 0) is 48.1 Å². The van der Waals surface area contributed by atoms with E-state index in [1.54, 1.807) is 20.8 Å². The lowest BCUT2D eigenvalue weighted by Crippen LogP contribution is -2.42. The average Bonchev–Trinajstić information content (AvgIpc) is 3.36. The monoisotopic (exact) mass is 647 g/mol. The van der Waals surface area contributed by atoms with Gasteiger partial charge < -0.3 is 34.1 Å². The van der Waals surface area contributed by atoms with Crippen LogP contribution in [-0.4, -0.2) is 71.3 Å². The van der Waals surface area contributed by atoms with Gasteiger partial charge >= 0.3 is 24.5 Å². The summed E-state index contributed by atoms with van der Waals surface area (Å²) in [4.78, 5) is 42.5. The summed E-state index contributed by atoms with van der Waals surface area (Å²) in [5.41, 5.74) is -0.372. The number of carbonyl (C=O) groups excluding carboxylic acids is 2. The fraction of sp³-hybridized carbons (Fsp3) is 0.571. The van der Waals surface area contributed by atoms with Gasteiger partial charge in [-0.05, 0) is 36.7 Å². The number of anilines is 1. The molecule has 2 N–H and O–H groups in total. The minimum absolute atomic E-state index is 0.0220. The highest BCUT2D eigenvalue weighted by atomic mass is 79.9. The van der Waals surface area contributed by atoms with Crippen LogP contribution in [0.1, 0.15) is 43.8 Å². The van der Waals surface area contributed by atoms with E-state index >= 15 is 0 Å². The highest BCUT2D eigenvalue weighted by molar-refractivity contribution is 9.10. The van der Waals surface area contributed by atoms with Crippen LogP contribution in [0.4, 0.5) is 41.7 Å². The van der Waals surface area contributed by atoms with E-state index in [4.69, 9.17) is 9.84 Å². The number of halogens is 7. The maximum Gasteiger partial charge on any atom is 0.449 e. The average molecular weight is 648 g/mol. The number of hydrogen-bond acceptors (Lipinski definition) is 6. The van der Waals surface area contributed by atoms with E-state index in [-0.39, 0.29) is 67.5 Å². The number of fused-ring (bicyclic) bond motifs is 2. The number of rotatable bonds is 2. The van der Waals surface area contributed by atoms with Gasteiger partial charge in [0, 0.05) is 26.2 Å². The second-order valence-corrected chi connectivity index (χ2v) is 10.3. The number of nitrogens with zero attached hydrogens (tertiary/aromatic N) is 6. The maximum atomic E-state index is 13.0. The molecule has 4 rings (SSSR count). The molecule has 40 heavy (non-hydrogen) atoms. The van der Waals surface area contributed by atoms with Crippen molar-refractivity contribution in [3.63, 3.8) is 0 Å². The molecular weight excluding hydrogens is 624 g/mol. The molecule has 0 radical (unpaired) electrons. The quantitative estimate of drug-likeness (QED) is 0.365. The third-order valence-electron chi connectivity index (χ3n) is 5.59. The van der Waals surface area contributed by atoms with E-state index < -0.39 is 41.8 Å². The normalized spacial score (nSPS) is 15.4. The Morgan fingerprint density at radius 2 is 1.40 bits per heavy atom. The Hall–Kier alpha value is -3.51. The molecule has 0 saturated carbocycles. The first kappa shape index (κ1) is 31.0. The third kappa shape index (κ3) is 6.97. The van der Waals surface area contributed by atoms with Crippen molar-refractivity contribution >= 4 is 40.3 Å². The van der Waals surface area contributed by atoms with Crippen LogP contribution < -0.4 is 5.32 Å². The summed E-state index contributed by atoms with van der Waals surface area (Å²) in [6, 6.07) is 0. The van der Waals surface area contributed by atoms with Gasteiger partial charge in [-0.1, -0.05) is 0 Å². The van der Waals surface area contributed by atoms with E-state index in [9.17, 15) is 40.7 Å². The van der Waals surface area contributed by atoms with Gasteiger partial charge in [-0.15, -0.1) is 0 Å². The molecule has 0 unspecified atom stereocenters. The summed E-state index contributed by atoms with van der Waals surface area (Å²) < 4.78 is 84.1. The predicted molar refractivity (Wildman–Crippen MR) is 127 cm³/mol. The van der Waals surface area contributed by atoms with Gasteiger partial charge in [0.25, 0.3) is 0 Å². The zero-order valence-corrected chi connectivity index (χ0v) is 22.8. The summed E-state index contributed by atoms with van der Waals surface area (Å²) in [5.74, 6) is -2.30. The van der Waals surface area contributed by atoms with Crippen molar-refractivity contribution in [1.82, 2.24) is 28.9 Å². The Morgan fingerprint density at radius 3 is 1.90 bits per heavy atom. The second-order valence-electron chi connectivity index (χ2n) is 9.57. The number of hydrogen-bond donors (Lipinski definition) is 2. The Balaban J connectivity index is 0.000000230. The van der Waals surface area contributed by atoms with Crippen LogP contribution in [0.25, 0.3) is 0 Å². The molecule has 0 aliphatic carbocycles. The maximum absolute atomic E-state index is 13.0. The molecule has 0 bridgehead atoms. The van der Waals surface area contributed by atoms with Crippen LogP contribution >= 0.6 is 15.9 Å². The zero-order chi connectivity index (χ0) is 30.2. The van der Waals surface area contributed by atoms with E-state index in [0.29, 0.717) is 0 Å². The number of nitrogens with one attached hydrogen (secondary N) is 1. The summed E-state index contributed by atoms with van der Waals surface area (Å²) in [6.07, 6.45) is -10.7. The number of alkyl halides is 6. The highest BCUT2D eigenvalue weighted by Crippen LogP contribution is 2.35. The lowest BCUT2D eigenvalue weighted by Gasteiger charge is -2.31. The number of carboxylic acid groups (broad SMARTS) is 1. The van der Waals surface area contributed by atoms with Crippen molar-refractivity contribution in [2.75, 3.05) is 18.4 Å². The molecule has 2 aliphatic rings. The van der Waals surface area contributed by atoms with Crippen molar-refractivity contribution in [2.45, 2.75) is 64.9 Å². The minimum Gasteiger partial charge on any atom is -0.465 e. The zero-order valence-electron chi connectivity index (χ0n) is 21.2. The van der Waals surface area contributed by atoms with E-state index in [0.717, 1.165) is 14.0 Å². The first-order valence-corrected chi connectivity index (χ1v) is 12.3. The fourth-order valence-electron chi connectivity index (χ4n) is 3.95. The SMILES string of the molecule is CC(C)(C)OC(=O)N1CCn2c(C(F)(F)F)nc(NC=O)c2C1.O=C(O)N1CCn2c(C(F)(F)F)nc(Br)c2C1. The van der Waals surface area contributed by atoms with Gasteiger partial charge in [0.15, 0.2) is 5.82 Å². The van der Waals surface area contributed by atoms with Crippen molar-refractivity contribution in [1.29, 1.82) is 0 Å². The summed E-state index contributed by atoms with van der Waals surface area (Å²) in [5, 5.41) is 10.9. The molecule has 4 heterocycles. The Bertz CT molecular complexity index is 1280. The molecular formula is C21H24BrF6N7O5. The number of ether oxygens (including phenoxy) is 1. The number of amides is 3. The lowest BCUT2D eigenvalue weighted by molar-refractivity contribution is -0.148. The van der Waals surface area contributed by atoms with Gasteiger partial charge in [-0.25, -0.2) is 19.6 Å². The molecule has 0 aromatic carbocycles. The van der Waals surface area contributed by atoms with Crippen LogP contribution in [0.5, 0.6) is 0 Å². The lowest BCUT2D eigenvalue weighted by atomic mass is 10.2. The largest absolute Gasteiger partial charge is 0.465 e. The fourth-order valence-corrected chi connectivity index (χ4v) is 4.45. The molecule has 2 aromatic rings. The molecule has 3 amide bonds. The van der Waals surface area contributed by atoms with Crippen LogP contribution in [0.15, 0.2) is 4.60 Å². The van der Waals surface area contributed by atoms with Gasteiger partial charge in [-0.3, -0.25) is 4.79 Å². The van der Waals surface area contributed by atoms with E-state index in [2.05, 4.69) is 31.2 Å². The standard InChI is InChI=1S/C13H17F3N4O3.C8H7BrF3N3O2/c1-12(2,3)23-11(22)19-4-5-20-8(6-19)9(17-7-21)18-10(20)13(14,15)16;9-5-4-3-14(7(16)17)1-2-15(4)6(13-5)8(10,11)12/h7H,4-6H2,1-3H3,(H,17,21);1-3H2,(H,16,17). The number of aromatic nitrogens is 4. The van der Waals surface area contributed by atoms with Gasteiger partial charge in [0.1, 0.15) is 10.2 Å². The second kappa shape index (κ2) is 11.2. The topological polar surface area (TPSA) is 135 Å². The summed E-state index contributed by atoms with van der Waals surface area (Å²) in [7, 11) is 0. The molecule has 0 fully saturated rings. The van der Waals surface area contributed by atoms with Crippen LogP contribution in [0.3, 0.4) is 0 Å². The Morgan fingerprint density at radius 1 is 0.900 bits per heavy atom. The molecule has 12 nitrogen and oxygen atoms in total. The molecule has 19 heteroatoms. The molecule has 0 spiro atoms. The molecule has 2 aromatic heterocycles. The number of imidazole rings is 2. The van der Waals surface area contributed by atoms with Crippen LogP contribution in [0.2, 0.25) is 0 Å². The molecule has 222 valence electrons. The Labute approximate surface area is 231 Å². The highest BCUT2D eigenvalue weighted by Gasteiger charge is 2.42. The molecule has 0 saturated heterocycles. The summed E-state index contributed by atoms with van der Waals surface area (Å²) >= 11 is 2.92. The number of carbonyl (C=O) groups is 3. The van der Waals surface area contributed by atoms with Gasteiger partial charge in [0.2, 0.25) is 18.1 Å². The van der Waals surface area contributed by atoms with E-state index in [1.807, 2.05) is 0 Å². The van der Waals surface area contributed by atoms with Crippen molar-refractivity contribution in [3.8, 4) is 0 Å². The minimum atomic E-state index is -4.65. The third-order valence-corrected chi connectivity index (χ3v) is 6.22. The molecule has 2 aliphatic heterocycles. The Kier molecular flexibility index (Phi) is 8.66. The van der Waals surface area contributed by atoms with Crippen molar-refractivity contribution < 1.29 is 50.6 Å². The molecule has 0 atom stereocenters. The van der Waals surface area contributed by atoms with Crippen LogP contribution in [0, 0.1) is 0 Å². The first-order valence-electron chi connectivity index (χ1n) is 11.5. The van der Waals surface area contributed by atoms with Gasteiger partial charge in [0.05, 0.1) is 24.5 Å². The predicted octanol–water partition coefficient (Wildman–Crippen LogP) is 4.38.